The van der Waals surface area contributed by atoms with E-state index in [2.05, 4.69) is 0 Å². The summed E-state index contributed by atoms with van der Waals surface area (Å²) >= 11 is 0. The third kappa shape index (κ3) is 2.48. The van der Waals surface area contributed by atoms with Crippen molar-refractivity contribution in [2.24, 2.45) is 5.92 Å². The van der Waals surface area contributed by atoms with E-state index < -0.39 is 23.3 Å². The van der Waals surface area contributed by atoms with Crippen LogP contribution in [0.15, 0.2) is 54.6 Å². The van der Waals surface area contributed by atoms with Crippen molar-refractivity contribution in [2.45, 2.75) is 19.3 Å². The van der Waals surface area contributed by atoms with Crippen LogP contribution >= 0.6 is 0 Å². The topological polar surface area (TPSA) is 74.6 Å². The molecule has 0 saturated heterocycles. The van der Waals surface area contributed by atoms with Gasteiger partial charge < -0.3 is 10.2 Å². The molecule has 2 unspecified atom stereocenters. The van der Waals surface area contributed by atoms with E-state index in [1.54, 1.807) is 48.5 Å². The Morgan fingerprint density at radius 3 is 2.05 bits per heavy atom. The van der Waals surface area contributed by atoms with Crippen LogP contribution in [-0.4, -0.2) is 22.2 Å². The summed E-state index contributed by atoms with van der Waals surface area (Å²) in [6.07, 6.45) is 0. The lowest BCUT2D eigenvalue weighted by Gasteiger charge is -2.34. The van der Waals surface area contributed by atoms with Crippen molar-refractivity contribution < 1.29 is 19.8 Å². The average molecular weight is 298 g/mol. The predicted molar refractivity (Wildman–Crippen MR) is 82.8 cm³/mol. The molecule has 0 amide bonds. The molecule has 2 aromatic carbocycles. The molecule has 4 nitrogen and oxygen atoms in total. The van der Waals surface area contributed by atoms with Gasteiger partial charge in [-0.3, -0.25) is 9.59 Å². The number of aryl methyl sites for hydroxylation is 1. The molecule has 0 saturated carbocycles. The minimum absolute atomic E-state index is 0.461. The number of hydrogen-bond donors (Lipinski definition) is 2. The SMILES string of the molecule is Cc1cccc(C(C(=O)O)(c2ccccc2)C(C)C(=O)O)c1. The summed E-state index contributed by atoms with van der Waals surface area (Å²) in [5.74, 6) is -3.43. The second kappa shape index (κ2) is 6.02. The molecule has 0 spiro atoms. The lowest BCUT2D eigenvalue weighted by molar-refractivity contribution is -0.153. The van der Waals surface area contributed by atoms with E-state index in [0.29, 0.717) is 11.1 Å². The smallest absolute Gasteiger partial charge is 0.319 e. The van der Waals surface area contributed by atoms with E-state index in [9.17, 15) is 19.8 Å². The normalized spacial score (nSPS) is 14.8. The van der Waals surface area contributed by atoms with E-state index in [4.69, 9.17) is 0 Å². The molecule has 0 fully saturated rings. The lowest BCUT2D eigenvalue weighted by Crippen LogP contribution is -2.46. The third-order valence-electron chi connectivity index (χ3n) is 4.06. The summed E-state index contributed by atoms with van der Waals surface area (Å²) in [6, 6.07) is 15.6. The summed E-state index contributed by atoms with van der Waals surface area (Å²) in [5, 5.41) is 19.5. The molecular formula is C18H18O4. The Bertz CT molecular complexity index is 693. The Morgan fingerprint density at radius 1 is 0.955 bits per heavy atom. The van der Waals surface area contributed by atoms with Crippen molar-refractivity contribution in [3.8, 4) is 0 Å². The monoisotopic (exact) mass is 298 g/mol. The Balaban J connectivity index is 2.83. The van der Waals surface area contributed by atoms with Gasteiger partial charge >= 0.3 is 11.9 Å². The minimum atomic E-state index is -1.63. The first-order valence-electron chi connectivity index (χ1n) is 6.99. The number of carboxylic acid groups (broad SMARTS) is 2. The van der Waals surface area contributed by atoms with Crippen molar-refractivity contribution in [3.05, 3.63) is 71.3 Å². The maximum Gasteiger partial charge on any atom is 0.319 e. The number of aliphatic carboxylic acids is 2. The molecule has 22 heavy (non-hydrogen) atoms. The second-order valence-electron chi connectivity index (χ2n) is 5.41. The van der Waals surface area contributed by atoms with Crippen LogP contribution in [0, 0.1) is 12.8 Å². The highest BCUT2D eigenvalue weighted by Gasteiger charge is 2.50. The Morgan fingerprint density at radius 2 is 1.55 bits per heavy atom. The van der Waals surface area contributed by atoms with Gasteiger partial charge in [0.2, 0.25) is 0 Å². The van der Waals surface area contributed by atoms with Crippen molar-refractivity contribution in [3.63, 3.8) is 0 Å². The van der Waals surface area contributed by atoms with Crippen LogP contribution in [0.25, 0.3) is 0 Å². The van der Waals surface area contributed by atoms with Crippen LogP contribution in [0.4, 0.5) is 0 Å². The Kier molecular flexibility index (Phi) is 4.31. The summed E-state index contributed by atoms with van der Waals surface area (Å²) in [4.78, 5) is 23.8. The quantitative estimate of drug-likeness (QED) is 0.889. The number of benzene rings is 2. The molecule has 2 rings (SSSR count). The number of carboxylic acids is 2. The van der Waals surface area contributed by atoms with E-state index in [1.165, 1.54) is 6.92 Å². The summed E-state index contributed by atoms with van der Waals surface area (Å²) < 4.78 is 0. The molecule has 0 bridgehead atoms. The fourth-order valence-corrected chi connectivity index (χ4v) is 2.88. The number of hydrogen-bond acceptors (Lipinski definition) is 2. The summed E-state index contributed by atoms with van der Waals surface area (Å²) in [6.45, 7) is 3.29. The largest absolute Gasteiger partial charge is 0.481 e. The van der Waals surface area contributed by atoms with Crippen molar-refractivity contribution >= 4 is 11.9 Å². The Labute approximate surface area is 129 Å². The zero-order valence-corrected chi connectivity index (χ0v) is 12.5. The standard InChI is InChI=1S/C18H18O4/c1-12-7-6-10-15(11-12)18(17(21)22,13(2)16(19)20)14-8-4-3-5-9-14/h3-11,13H,1-2H3,(H,19,20)(H,21,22). The zero-order chi connectivity index (χ0) is 16.3. The van der Waals surface area contributed by atoms with Gasteiger partial charge in [-0.1, -0.05) is 67.1 Å². The highest BCUT2D eigenvalue weighted by Crippen LogP contribution is 2.40. The first-order valence-corrected chi connectivity index (χ1v) is 6.99. The molecule has 4 heteroatoms. The van der Waals surface area contributed by atoms with E-state index in [1.807, 2.05) is 13.0 Å². The minimum Gasteiger partial charge on any atom is -0.481 e. The highest BCUT2D eigenvalue weighted by atomic mass is 16.4. The van der Waals surface area contributed by atoms with Crippen LogP contribution < -0.4 is 0 Å². The van der Waals surface area contributed by atoms with Gasteiger partial charge in [0.05, 0.1) is 5.92 Å². The fourth-order valence-electron chi connectivity index (χ4n) is 2.88. The van der Waals surface area contributed by atoms with Gasteiger partial charge in [-0.2, -0.15) is 0 Å². The van der Waals surface area contributed by atoms with Gasteiger partial charge in [0, 0.05) is 0 Å². The third-order valence-corrected chi connectivity index (χ3v) is 4.06. The molecule has 0 aliphatic heterocycles. The summed E-state index contributed by atoms with van der Waals surface area (Å²) in [5.41, 5.74) is 0.194. The highest BCUT2D eigenvalue weighted by molar-refractivity contribution is 5.92. The maximum absolute atomic E-state index is 12.2. The molecule has 2 atom stereocenters. The number of rotatable bonds is 5. The molecular weight excluding hydrogens is 280 g/mol. The van der Waals surface area contributed by atoms with Crippen LogP contribution in [0.1, 0.15) is 23.6 Å². The van der Waals surface area contributed by atoms with E-state index >= 15 is 0 Å². The molecule has 0 aromatic heterocycles. The van der Waals surface area contributed by atoms with Crippen molar-refractivity contribution in [1.29, 1.82) is 0 Å². The van der Waals surface area contributed by atoms with Crippen LogP contribution in [0.5, 0.6) is 0 Å². The van der Waals surface area contributed by atoms with Gasteiger partial charge in [-0.15, -0.1) is 0 Å². The van der Waals surface area contributed by atoms with Crippen molar-refractivity contribution in [1.82, 2.24) is 0 Å². The average Bonchev–Trinajstić information content (AvgIpc) is 2.48. The molecule has 2 aromatic rings. The Hall–Kier alpha value is -2.62. The van der Waals surface area contributed by atoms with Gasteiger partial charge in [-0.25, -0.2) is 0 Å². The molecule has 2 N–H and O–H groups in total. The first-order chi connectivity index (χ1) is 10.4. The summed E-state index contributed by atoms with van der Waals surface area (Å²) in [7, 11) is 0. The van der Waals surface area contributed by atoms with E-state index in [0.717, 1.165) is 5.56 Å². The van der Waals surface area contributed by atoms with Gasteiger partial charge in [-0.05, 0) is 18.1 Å². The fraction of sp³-hybridized carbons (Fsp3) is 0.222. The van der Waals surface area contributed by atoms with Gasteiger partial charge in [0.15, 0.2) is 0 Å². The molecule has 0 radical (unpaired) electrons. The van der Waals surface area contributed by atoms with Crippen LogP contribution in [-0.2, 0) is 15.0 Å². The van der Waals surface area contributed by atoms with Crippen LogP contribution in [0.2, 0.25) is 0 Å². The lowest BCUT2D eigenvalue weighted by atomic mass is 9.66. The maximum atomic E-state index is 12.2. The van der Waals surface area contributed by atoms with E-state index in [-0.39, 0.29) is 0 Å². The molecule has 114 valence electrons. The van der Waals surface area contributed by atoms with Gasteiger partial charge in [0.1, 0.15) is 5.41 Å². The zero-order valence-electron chi connectivity index (χ0n) is 12.5. The first kappa shape index (κ1) is 15.8. The molecule has 0 aliphatic rings. The van der Waals surface area contributed by atoms with Crippen molar-refractivity contribution in [2.75, 3.05) is 0 Å². The van der Waals surface area contributed by atoms with Crippen LogP contribution in [0.3, 0.4) is 0 Å². The predicted octanol–water partition coefficient (Wildman–Crippen LogP) is 3.09. The van der Waals surface area contributed by atoms with Gasteiger partial charge in [0.25, 0.3) is 0 Å². The molecule has 0 heterocycles. The second-order valence-corrected chi connectivity index (χ2v) is 5.41. The number of carbonyl (C=O) groups is 2. The molecule has 0 aliphatic carbocycles.